The minimum Gasteiger partial charge on any atom is -0.334 e. The van der Waals surface area contributed by atoms with Crippen molar-refractivity contribution in [2.75, 3.05) is 33.7 Å². The van der Waals surface area contributed by atoms with Crippen molar-refractivity contribution in [3.8, 4) is 0 Å². The van der Waals surface area contributed by atoms with E-state index < -0.39 is 0 Å². The summed E-state index contributed by atoms with van der Waals surface area (Å²) in [6.45, 7) is 8.44. The topological polar surface area (TPSA) is 65.1 Å². The van der Waals surface area contributed by atoms with E-state index in [1.165, 1.54) is 0 Å². The van der Waals surface area contributed by atoms with Crippen molar-refractivity contribution in [1.82, 2.24) is 25.0 Å². The maximum atomic E-state index is 12.4. The maximum absolute atomic E-state index is 12.4. The van der Waals surface area contributed by atoms with Crippen LogP contribution in [0.15, 0.2) is 0 Å². The number of rotatable bonds is 7. The molecule has 0 spiro atoms. The first-order valence-electron chi connectivity index (χ1n) is 6.79. The van der Waals surface area contributed by atoms with Gasteiger partial charge in [0.25, 0.3) is 5.91 Å². The van der Waals surface area contributed by atoms with E-state index in [0.29, 0.717) is 12.5 Å². The summed E-state index contributed by atoms with van der Waals surface area (Å²) in [6.07, 6.45) is 0.752. The predicted molar refractivity (Wildman–Crippen MR) is 75.1 cm³/mol. The second-order valence-electron chi connectivity index (χ2n) is 5.41. The highest BCUT2D eigenvalue weighted by atomic mass is 16.2. The van der Waals surface area contributed by atoms with Crippen LogP contribution in [0.2, 0.25) is 0 Å². The van der Waals surface area contributed by atoms with Gasteiger partial charge in [-0.15, -0.1) is 5.10 Å². The molecule has 0 aliphatic heterocycles. The number of nitrogens with zero attached hydrogens (tertiary/aromatic N) is 4. The molecule has 1 N–H and O–H groups in total. The Morgan fingerprint density at radius 1 is 1.32 bits per heavy atom. The van der Waals surface area contributed by atoms with Crippen LogP contribution in [0.1, 0.15) is 37.2 Å². The molecule has 1 aromatic rings. The number of amides is 1. The molecule has 0 saturated heterocycles. The summed E-state index contributed by atoms with van der Waals surface area (Å²) in [5.41, 5.74) is 0. The first-order chi connectivity index (χ1) is 8.93. The molecular weight excluding hydrogens is 242 g/mol. The van der Waals surface area contributed by atoms with Crippen molar-refractivity contribution >= 4 is 5.91 Å². The quantitative estimate of drug-likeness (QED) is 0.801. The number of hydrogen-bond donors (Lipinski definition) is 1. The van der Waals surface area contributed by atoms with E-state index in [-0.39, 0.29) is 11.7 Å². The van der Waals surface area contributed by atoms with Crippen LogP contribution in [-0.4, -0.2) is 64.6 Å². The summed E-state index contributed by atoms with van der Waals surface area (Å²) in [6, 6.07) is 0. The lowest BCUT2D eigenvalue weighted by molar-refractivity contribution is 0.0712. The molecule has 0 aromatic carbocycles. The van der Waals surface area contributed by atoms with Crippen LogP contribution in [-0.2, 0) is 6.42 Å². The van der Waals surface area contributed by atoms with Gasteiger partial charge in [-0.3, -0.25) is 9.89 Å². The molecule has 0 fully saturated rings. The monoisotopic (exact) mass is 267 g/mol. The highest BCUT2D eigenvalue weighted by molar-refractivity contribution is 5.90. The smallest absolute Gasteiger partial charge is 0.293 e. The number of likely N-dealkylation sites (N-methyl/N-ethyl adjacent to an activating group) is 1. The number of H-pyrrole nitrogens is 1. The molecule has 0 aliphatic carbocycles. The van der Waals surface area contributed by atoms with Gasteiger partial charge in [0.15, 0.2) is 0 Å². The molecule has 0 bridgehead atoms. The van der Waals surface area contributed by atoms with Crippen LogP contribution in [0.4, 0.5) is 0 Å². The van der Waals surface area contributed by atoms with E-state index in [1.54, 1.807) is 0 Å². The zero-order valence-electron chi connectivity index (χ0n) is 12.6. The number of aryl methyl sites for hydroxylation is 1. The number of carbonyl (C=O) groups is 1. The van der Waals surface area contributed by atoms with Crippen LogP contribution >= 0.6 is 0 Å². The van der Waals surface area contributed by atoms with E-state index in [4.69, 9.17) is 0 Å². The number of hydrogen-bond acceptors (Lipinski definition) is 4. The molecule has 0 atom stereocenters. The Morgan fingerprint density at radius 3 is 2.47 bits per heavy atom. The Morgan fingerprint density at radius 2 is 2.00 bits per heavy atom. The van der Waals surface area contributed by atoms with E-state index in [0.717, 1.165) is 25.3 Å². The van der Waals surface area contributed by atoms with Gasteiger partial charge in [-0.05, 0) is 20.0 Å². The second-order valence-corrected chi connectivity index (χ2v) is 5.41. The highest BCUT2D eigenvalue weighted by Gasteiger charge is 2.20. The van der Waals surface area contributed by atoms with E-state index in [2.05, 4.69) is 33.9 Å². The molecule has 6 heteroatoms. The fourth-order valence-electron chi connectivity index (χ4n) is 1.73. The lowest BCUT2D eigenvalue weighted by Gasteiger charge is -2.24. The standard InChI is InChI=1S/C13H25N5O/c1-6-11-14-12(16-15-11)13(19)18(9-10(2)3)8-7-17(4)5/h10H,6-9H2,1-5H3,(H,14,15,16). The van der Waals surface area contributed by atoms with Crippen molar-refractivity contribution in [2.45, 2.75) is 27.2 Å². The summed E-state index contributed by atoms with van der Waals surface area (Å²) in [5.74, 6) is 1.36. The zero-order valence-corrected chi connectivity index (χ0v) is 12.6. The first kappa shape index (κ1) is 15.6. The van der Waals surface area contributed by atoms with E-state index >= 15 is 0 Å². The van der Waals surface area contributed by atoms with Crippen LogP contribution in [0, 0.1) is 5.92 Å². The molecule has 1 heterocycles. The Kier molecular flexibility index (Phi) is 5.95. The minimum absolute atomic E-state index is 0.0912. The number of aromatic nitrogens is 3. The zero-order chi connectivity index (χ0) is 14.4. The second kappa shape index (κ2) is 7.23. The fraction of sp³-hybridized carbons (Fsp3) is 0.769. The van der Waals surface area contributed by atoms with Crippen molar-refractivity contribution < 1.29 is 4.79 Å². The van der Waals surface area contributed by atoms with Crippen LogP contribution in [0.25, 0.3) is 0 Å². The lowest BCUT2D eigenvalue weighted by atomic mass is 10.2. The lowest BCUT2D eigenvalue weighted by Crippen LogP contribution is -2.39. The summed E-state index contributed by atoms with van der Waals surface area (Å²) >= 11 is 0. The van der Waals surface area contributed by atoms with Gasteiger partial charge in [0.05, 0.1) is 0 Å². The Labute approximate surface area is 115 Å². The van der Waals surface area contributed by atoms with Gasteiger partial charge < -0.3 is 9.80 Å². The van der Waals surface area contributed by atoms with Crippen molar-refractivity contribution in [3.63, 3.8) is 0 Å². The predicted octanol–water partition coefficient (Wildman–Crippen LogP) is 1.03. The minimum atomic E-state index is -0.0912. The third-order valence-corrected chi connectivity index (χ3v) is 2.75. The molecule has 1 aromatic heterocycles. The Bertz CT molecular complexity index is 399. The third-order valence-electron chi connectivity index (χ3n) is 2.75. The largest absolute Gasteiger partial charge is 0.334 e. The van der Waals surface area contributed by atoms with Crippen LogP contribution < -0.4 is 0 Å². The van der Waals surface area contributed by atoms with Gasteiger partial charge in [-0.25, -0.2) is 4.98 Å². The first-order valence-corrected chi connectivity index (χ1v) is 6.79. The van der Waals surface area contributed by atoms with Gasteiger partial charge in [0.2, 0.25) is 5.82 Å². The molecule has 0 saturated carbocycles. The average molecular weight is 267 g/mol. The molecule has 6 nitrogen and oxygen atoms in total. The van der Waals surface area contributed by atoms with Gasteiger partial charge >= 0.3 is 0 Å². The van der Waals surface area contributed by atoms with Crippen molar-refractivity contribution in [1.29, 1.82) is 0 Å². The molecule has 108 valence electrons. The highest BCUT2D eigenvalue weighted by Crippen LogP contribution is 2.05. The Balaban J connectivity index is 2.74. The van der Waals surface area contributed by atoms with Crippen LogP contribution in [0.5, 0.6) is 0 Å². The summed E-state index contributed by atoms with van der Waals surface area (Å²) in [5, 5.41) is 6.79. The molecule has 0 radical (unpaired) electrons. The van der Waals surface area contributed by atoms with Gasteiger partial charge in [-0.2, -0.15) is 0 Å². The van der Waals surface area contributed by atoms with Gasteiger partial charge in [-0.1, -0.05) is 20.8 Å². The SMILES string of the molecule is CCc1nc(C(=O)N(CCN(C)C)CC(C)C)n[nH]1. The molecule has 1 rings (SSSR count). The van der Waals surface area contributed by atoms with Crippen molar-refractivity contribution in [2.24, 2.45) is 5.92 Å². The normalized spacial score (nSPS) is 11.3. The van der Waals surface area contributed by atoms with E-state index in [9.17, 15) is 4.79 Å². The Hall–Kier alpha value is -1.43. The van der Waals surface area contributed by atoms with E-state index in [1.807, 2.05) is 25.9 Å². The molecule has 0 aliphatic rings. The summed E-state index contributed by atoms with van der Waals surface area (Å²) in [4.78, 5) is 20.5. The van der Waals surface area contributed by atoms with Gasteiger partial charge in [0, 0.05) is 26.1 Å². The number of nitrogens with one attached hydrogen (secondary N) is 1. The third kappa shape index (κ3) is 4.98. The van der Waals surface area contributed by atoms with Gasteiger partial charge in [0.1, 0.15) is 5.82 Å². The number of carbonyl (C=O) groups excluding carboxylic acids is 1. The molecular formula is C13H25N5O. The molecule has 1 amide bonds. The maximum Gasteiger partial charge on any atom is 0.293 e. The summed E-state index contributed by atoms with van der Waals surface area (Å²) < 4.78 is 0. The summed E-state index contributed by atoms with van der Waals surface area (Å²) in [7, 11) is 4.00. The number of aromatic amines is 1. The van der Waals surface area contributed by atoms with Crippen LogP contribution in [0.3, 0.4) is 0 Å². The fourth-order valence-corrected chi connectivity index (χ4v) is 1.73. The van der Waals surface area contributed by atoms with Crippen molar-refractivity contribution in [3.05, 3.63) is 11.6 Å². The molecule has 19 heavy (non-hydrogen) atoms. The molecule has 0 unspecified atom stereocenters. The average Bonchev–Trinajstić information content (AvgIpc) is 2.81.